The molecule has 17 heavy (non-hydrogen) atoms. The van der Waals surface area contributed by atoms with Gasteiger partial charge in [0.2, 0.25) is 0 Å². The van der Waals surface area contributed by atoms with Crippen molar-refractivity contribution in [3.05, 3.63) is 0 Å². The van der Waals surface area contributed by atoms with Gasteiger partial charge in [0.05, 0.1) is 6.04 Å². The first-order valence-electron chi connectivity index (χ1n) is 5.86. The zero-order valence-electron chi connectivity index (χ0n) is 9.60. The summed E-state index contributed by atoms with van der Waals surface area (Å²) in [6.45, 7) is 1.65. The molecule has 0 aromatic heterocycles. The standard InChI is InChI=1S/C10H20N2O4S/c11-5-6-8(13)9(14)7(10(15)16-6)12-1-3-17-4-2-12/h6-10,13-15H,1-5,11H2/t6?,7-,8+,9-,10?/m1/s1. The van der Waals surface area contributed by atoms with Crippen molar-refractivity contribution < 1.29 is 20.1 Å². The van der Waals surface area contributed by atoms with Crippen molar-refractivity contribution in [2.75, 3.05) is 31.1 Å². The number of hydrogen-bond donors (Lipinski definition) is 4. The molecule has 2 unspecified atom stereocenters. The number of nitrogens with zero attached hydrogens (tertiary/aromatic N) is 1. The van der Waals surface area contributed by atoms with Crippen LogP contribution in [0.25, 0.3) is 0 Å². The Balaban J connectivity index is 2.05. The summed E-state index contributed by atoms with van der Waals surface area (Å²) in [7, 11) is 0. The van der Waals surface area contributed by atoms with E-state index in [9.17, 15) is 15.3 Å². The topological polar surface area (TPSA) is 99.2 Å². The fourth-order valence-electron chi connectivity index (χ4n) is 2.40. The summed E-state index contributed by atoms with van der Waals surface area (Å²) in [4.78, 5) is 1.97. The molecule has 0 bridgehead atoms. The zero-order chi connectivity index (χ0) is 12.4. The van der Waals surface area contributed by atoms with Crippen LogP contribution in [0.5, 0.6) is 0 Å². The average molecular weight is 264 g/mol. The monoisotopic (exact) mass is 264 g/mol. The van der Waals surface area contributed by atoms with Gasteiger partial charge < -0.3 is 25.8 Å². The minimum atomic E-state index is -1.09. The van der Waals surface area contributed by atoms with E-state index in [1.54, 1.807) is 0 Å². The van der Waals surface area contributed by atoms with Gasteiger partial charge in [-0.1, -0.05) is 0 Å². The maximum atomic E-state index is 10.1. The Morgan fingerprint density at radius 3 is 2.41 bits per heavy atom. The number of hydrogen-bond acceptors (Lipinski definition) is 7. The lowest BCUT2D eigenvalue weighted by Crippen LogP contribution is -2.65. The Hall–Kier alpha value is 0.110. The summed E-state index contributed by atoms with van der Waals surface area (Å²) < 4.78 is 5.26. The van der Waals surface area contributed by atoms with Gasteiger partial charge in [-0.25, -0.2) is 0 Å². The molecule has 2 aliphatic heterocycles. The van der Waals surface area contributed by atoms with Gasteiger partial charge in [-0.05, 0) is 0 Å². The molecule has 5 atom stereocenters. The highest BCUT2D eigenvalue weighted by Gasteiger charge is 2.45. The number of nitrogens with two attached hydrogens (primary N) is 1. The van der Waals surface area contributed by atoms with E-state index in [4.69, 9.17) is 10.5 Å². The van der Waals surface area contributed by atoms with E-state index in [0.29, 0.717) is 0 Å². The van der Waals surface area contributed by atoms with Crippen molar-refractivity contribution in [3.8, 4) is 0 Å². The SMILES string of the molecule is NCC1OC(O)[C@H](N2CCSCC2)[C@@H](O)[C@H]1O. The summed E-state index contributed by atoms with van der Waals surface area (Å²) in [5.74, 6) is 1.93. The van der Waals surface area contributed by atoms with Gasteiger partial charge in [-0.3, -0.25) is 4.90 Å². The largest absolute Gasteiger partial charge is 0.388 e. The number of thioether (sulfide) groups is 1. The molecule has 7 heteroatoms. The van der Waals surface area contributed by atoms with Crippen LogP contribution in [-0.2, 0) is 4.74 Å². The first-order valence-corrected chi connectivity index (χ1v) is 7.02. The third-order valence-electron chi connectivity index (χ3n) is 3.39. The predicted molar refractivity (Wildman–Crippen MR) is 64.6 cm³/mol. The molecule has 0 radical (unpaired) electrons. The quantitative estimate of drug-likeness (QED) is 0.449. The number of aliphatic hydroxyl groups excluding tert-OH is 3. The second kappa shape index (κ2) is 5.83. The molecule has 0 saturated carbocycles. The molecule has 5 N–H and O–H groups in total. The summed E-state index contributed by atoms with van der Waals surface area (Å²) in [6, 6.07) is -0.561. The molecule has 0 amide bonds. The normalized spacial score (nSPS) is 44.8. The molecule has 0 aromatic carbocycles. The van der Waals surface area contributed by atoms with Crippen molar-refractivity contribution in [2.45, 2.75) is 30.6 Å². The molecule has 6 nitrogen and oxygen atoms in total. The molecule has 0 spiro atoms. The Bertz CT molecular complexity index is 252. The van der Waals surface area contributed by atoms with Gasteiger partial charge in [0.1, 0.15) is 18.3 Å². The molecule has 2 rings (SSSR count). The van der Waals surface area contributed by atoms with E-state index in [1.165, 1.54) is 0 Å². The predicted octanol–water partition coefficient (Wildman–Crippen LogP) is -2.20. The van der Waals surface area contributed by atoms with Crippen LogP contribution in [0.4, 0.5) is 0 Å². The lowest BCUT2D eigenvalue weighted by atomic mass is 9.95. The molecule has 2 aliphatic rings. The van der Waals surface area contributed by atoms with Gasteiger partial charge >= 0.3 is 0 Å². The Kier molecular flexibility index (Phi) is 4.65. The van der Waals surface area contributed by atoms with E-state index < -0.39 is 30.6 Å². The van der Waals surface area contributed by atoms with Crippen LogP contribution in [0.1, 0.15) is 0 Å². The molecule has 0 aromatic rings. The van der Waals surface area contributed by atoms with Crippen molar-refractivity contribution in [1.82, 2.24) is 4.90 Å². The fraction of sp³-hybridized carbons (Fsp3) is 1.00. The number of rotatable bonds is 2. The Morgan fingerprint density at radius 2 is 1.82 bits per heavy atom. The van der Waals surface area contributed by atoms with Crippen LogP contribution in [0.2, 0.25) is 0 Å². The van der Waals surface area contributed by atoms with E-state index >= 15 is 0 Å². The van der Waals surface area contributed by atoms with Gasteiger partial charge in [-0.15, -0.1) is 0 Å². The zero-order valence-corrected chi connectivity index (χ0v) is 10.4. The van der Waals surface area contributed by atoms with Gasteiger partial charge in [0.25, 0.3) is 0 Å². The molecule has 2 fully saturated rings. The highest BCUT2D eigenvalue weighted by atomic mass is 32.2. The second-order valence-corrected chi connectivity index (χ2v) is 5.65. The second-order valence-electron chi connectivity index (χ2n) is 4.42. The smallest absolute Gasteiger partial charge is 0.173 e. The van der Waals surface area contributed by atoms with Gasteiger partial charge in [0.15, 0.2) is 6.29 Å². The van der Waals surface area contributed by atoms with Crippen molar-refractivity contribution in [1.29, 1.82) is 0 Å². The van der Waals surface area contributed by atoms with Crippen LogP contribution < -0.4 is 5.73 Å². The van der Waals surface area contributed by atoms with Crippen LogP contribution in [0.15, 0.2) is 0 Å². The van der Waals surface area contributed by atoms with Crippen LogP contribution in [0, 0.1) is 0 Å². The maximum Gasteiger partial charge on any atom is 0.173 e. The summed E-state index contributed by atoms with van der Waals surface area (Å²) in [5, 5.41) is 29.8. The first-order chi connectivity index (χ1) is 8.15. The third-order valence-corrected chi connectivity index (χ3v) is 4.33. The van der Waals surface area contributed by atoms with Crippen molar-refractivity contribution in [3.63, 3.8) is 0 Å². The molecule has 2 saturated heterocycles. The minimum absolute atomic E-state index is 0.0812. The molecule has 0 aliphatic carbocycles. The lowest BCUT2D eigenvalue weighted by Gasteiger charge is -2.46. The molecule has 100 valence electrons. The van der Waals surface area contributed by atoms with Crippen molar-refractivity contribution in [2.24, 2.45) is 5.73 Å². The molecular formula is C10H20N2O4S. The summed E-state index contributed by atoms with van der Waals surface area (Å²) >= 11 is 1.84. The van der Waals surface area contributed by atoms with E-state index in [1.807, 2.05) is 16.7 Å². The Labute approximate surface area is 105 Å². The third kappa shape index (κ3) is 2.76. The van der Waals surface area contributed by atoms with E-state index in [0.717, 1.165) is 24.6 Å². The van der Waals surface area contributed by atoms with Gasteiger partial charge in [-0.2, -0.15) is 11.8 Å². The number of aliphatic hydroxyl groups is 3. The van der Waals surface area contributed by atoms with Gasteiger partial charge in [0, 0.05) is 31.1 Å². The van der Waals surface area contributed by atoms with Crippen LogP contribution >= 0.6 is 11.8 Å². The molecular weight excluding hydrogens is 244 g/mol. The highest BCUT2D eigenvalue weighted by Crippen LogP contribution is 2.25. The van der Waals surface area contributed by atoms with Crippen molar-refractivity contribution >= 4 is 11.8 Å². The van der Waals surface area contributed by atoms with E-state index in [-0.39, 0.29) is 6.54 Å². The average Bonchev–Trinajstić information content (AvgIpc) is 2.35. The number of ether oxygens (including phenoxy) is 1. The maximum absolute atomic E-state index is 10.1. The first kappa shape index (κ1) is 13.5. The van der Waals surface area contributed by atoms with Crippen LogP contribution in [-0.4, -0.2) is 82.0 Å². The van der Waals surface area contributed by atoms with Crippen LogP contribution in [0.3, 0.4) is 0 Å². The molecule has 2 heterocycles. The minimum Gasteiger partial charge on any atom is -0.388 e. The highest BCUT2D eigenvalue weighted by molar-refractivity contribution is 7.99. The fourth-order valence-corrected chi connectivity index (χ4v) is 3.33. The lowest BCUT2D eigenvalue weighted by molar-refractivity contribution is -0.263. The van der Waals surface area contributed by atoms with E-state index in [2.05, 4.69) is 0 Å². The summed E-state index contributed by atoms with van der Waals surface area (Å²) in [5.41, 5.74) is 5.42. The summed E-state index contributed by atoms with van der Waals surface area (Å²) in [6.07, 6.45) is -3.85. The Morgan fingerprint density at radius 1 is 1.18 bits per heavy atom.